The number of hydrogen-bond donors (Lipinski definition) is 2. The first-order valence-electron chi connectivity index (χ1n) is 6.39. The van der Waals surface area contributed by atoms with Crippen molar-refractivity contribution in [2.24, 2.45) is 0 Å². The highest BCUT2D eigenvalue weighted by molar-refractivity contribution is 5.78. The number of nitrogens with one attached hydrogen (secondary N) is 2. The van der Waals surface area contributed by atoms with Gasteiger partial charge in [0.2, 0.25) is 5.91 Å². The molecule has 1 heterocycles. The van der Waals surface area contributed by atoms with Crippen molar-refractivity contribution in [3.05, 3.63) is 0 Å². The van der Waals surface area contributed by atoms with E-state index in [1.807, 2.05) is 0 Å². The summed E-state index contributed by atoms with van der Waals surface area (Å²) in [5.74, 6) is 2.46. The lowest BCUT2D eigenvalue weighted by molar-refractivity contribution is -0.120. The number of carbonyl (C=O) groups excluding carboxylic acids is 1. The second-order valence-electron chi connectivity index (χ2n) is 4.56. The highest BCUT2D eigenvalue weighted by Gasteiger charge is 2.16. The van der Waals surface area contributed by atoms with Gasteiger partial charge in [-0.25, -0.2) is 0 Å². The molecule has 17 heavy (non-hydrogen) atoms. The van der Waals surface area contributed by atoms with Gasteiger partial charge < -0.3 is 5.32 Å². The standard InChI is InChI=1S/C13H23N3O/c1-3-7-14-11-13(17)15-10-12(2)16-8-5-4-6-9-16/h1,12,14H,4-11H2,2H3,(H,15,17). The summed E-state index contributed by atoms with van der Waals surface area (Å²) >= 11 is 0. The van der Waals surface area contributed by atoms with Gasteiger partial charge in [-0.15, -0.1) is 6.42 Å². The van der Waals surface area contributed by atoms with Crippen LogP contribution in [0.2, 0.25) is 0 Å². The van der Waals surface area contributed by atoms with Crippen LogP contribution in [0.3, 0.4) is 0 Å². The van der Waals surface area contributed by atoms with Crippen molar-refractivity contribution in [3.63, 3.8) is 0 Å². The van der Waals surface area contributed by atoms with Crippen LogP contribution >= 0.6 is 0 Å². The molecule has 1 amide bonds. The van der Waals surface area contributed by atoms with Crippen molar-refractivity contribution in [1.82, 2.24) is 15.5 Å². The van der Waals surface area contributed by atoms with Gasteiger partial charge in [-0.05, 0) is 32.9 Å². The Balaban J connectivity index is 2.11. The average Bonchev–Trinajstić information content (AvgIpc) is 2.37. The summed E-state index contributed by atoms with van der Waals surface area (Å²) in [5, 5.41) is 5.80. The zero-order chi connectivity index (χ0) is 12.5. The topological polar surface area (TPSA) is 44.4 Å². The number of carbonyl (C=O) groups is 1. The van der Waals surface area contributed by atoms with E-state index in [0.717, 1.165) is 19.6 Å². The Kier molecular flexibility index (Phi) is 6.68. The largest absolute Gasteiger partial charge is 0.353 e. The van der Waals surface area contributed by atoms with Gasteiger partial charge in [-0.1, -0.05) is 12.3 Å². The molecule has 0 aromatic heterocycles. The molecule has 1 unspecified atom stereocenters. The van der Waals surface area contributed by atoms with Crippen LogP contribution in [0.5, 0.6) is 0 Å². The zero-order valence-electron chi connectivity index (χ0n) is 10.7. The summed E-state index contributed by atoms with van der Waals surface area (Å²) < 4.78 is 0. The Labute approximate surface area is 104 Å². The van der Waals surface area contributed by atoms with E-state index in [1.54, 1.807) is 0 Å². The lowest BCUT2D eigenvalue weighted by atomic mass is 10.1. The van der Waals surface area contributed by atoms with Crippen molar-refractivity contribution in [3.8, 4) is 12.3 Å². The van der Waals surface area contributed by atoms with Crippen molar-refractivity contribution in [2.45, 2.75) is 32.2 Å². The third-order valence-corrected chi connectivity index (χ3v) is 3.12. The van der Waals surface area contributed by atoms with Gasteiger partial charge >= 0.3 is 0 Å². The summed E-state index contributed by atoms with van der Waals surface area (Å²) in [6.45, 7) is 5.95. The predicted octanol–water partition coefficient (Wildman–Crippen LogP) is 0.200. The summed E-state index contributed by atoms with van der Waals surface area (Å²) in [6.07, 6.45) is 8.98. The van der Waals surface area contributed by atoms with E-state index in [2.05, 4.69) is 28.4 Å². The monoisotopic (exact) mass is 237 g/mol. The minimum absolute atomic E-state index is 0.0177. The van der Waals surface area contributed by atoms with E-state index in [0.29, 0.717) is 19.1 Å². The smallest absolute Gasteiger partial charge is 0.234 e. The minimum atomic E-state index is 0.0177. The molecule has 0 aliphatic carbocycles. The minimum Gasteiger partial charge on any atom is -0.353 e. The molecule has 0 aromatic rings. The van der Waals surface area contributed by atoms with Crippen LogP contribution in [0, 0.1) is 12.3 Å². The second-order valence-corrected chi connectivity index (χ2v) is 4.56. The maximum absolute atomic E-state index is 11.4. The van der Waals surface area contributed by atoms with E-state index >= 15 is 0 Å². The molecule has 0 radical (unpaired) electrons. The van der Waals surface area contributed by atoms with Gasteiger partial charge in [0.15, 0.2) is 0 Å². The van der Waals surface area contributed by atoms with Gasteiger partial charge in [-0.3, -0.25) is 15.0 Å². The molecule has 0 spiro atoms. The van der Waals surface area contributed by atoms with Crippen molar-refractivity contribution >= 4 is 5.91 Å². The molecule has 1 saturated heterocycles. The first-order chi connectivity index (χ1) is 8.24. The van der Waals surface area contributed by atoms with Crippen molar-refractivity contribution in [1.29, 1.82) is 0 Å². The summed E-state index contributed by atoms with van der Waals surface area (Å²) in [6, 6.07) is 0.423. The Morgan fingerprint density at radius 2 is 2.12 bits per heavy atom. The lowest BCUT2D eigenvalue weighted by Crippen LogP contribution is -2.46. The first kappa shape index (κ1) is 14.0. The molecule has 4 nitrogen and oxygen atoms in total. The Bertz CT molecular complexity index is 266. The molecule has 1 fully saturated rings. The second kappa shape index (κ2) is 8.10. The fraction of sp³-hybridized carbons (Fsp3) is 0.769. The fourth-order valence-corrected chi connectivity index (χ4v) is 2.06. The van der Waals surface area contributed by atoms with Gasteiger partial charge in [0.1, 0.15) is 0 Å². The van der Waals surface area contributed by atoms with Crippen LogP contribution in [-0.2, 0) is 4.79 Å². The number of piperidine rings is 1. The maximum atomic E-state index is 11.4. The number of likely N-dealkylation sites (tertiary alicyclic amines) is 1. The predicted molar refractivity (Wildman–Crippen MR) is 69.6 cm³/mol. The van der Waals surface area contributed by atoms with Crippen molar-refractivity contribution in [2.75, 3.05) is 32.7 Å². The Morgan fingerprint density at radius 1 is 1.41 bits per heavy atom. The number of nitrogens with zero attached hydrogens (tertiary/aromatic N) is 1. The van der Waals surface area contributed by atoms with Crippen LogP contribution < -0.4 is 10.6 Å². The van der Waals surface area contributed by atoms with Crippen LogP contribution in [0.15, 0.2) is 0 Å². The maximum Gasteiger partial charge on any atom is 0.234 e. The van der Waals surface area contributed by atoms with Crippen molar-refractivity contribution < 1.29 is 4.79 Å². The number of rotatable bonds is 6. The average molecular weight is 237 g/mol. The number of hydrogen-bond acceptors (Lipinski definition) is 3. The molecule has 0 aromatic carbocycles. The van der Waals surface area contributed by atoms with Gasteiger partial charge in [0.05, 0.1) is 13.1 Å². The van der Waals surface area contributed by atoms with Crippen LogP contribution in [-0.4, -0.2) is 49.6 Å². The van der Waals surface area contributed by atoms with E-state index < -0.39 is 0 Å². The zero-order valence-corrected chi connectivity index (χ0v) is 10.7. The Morgan fingerprint density at radius 3 is 2.76 bits per heavy atom. The normalized spacial score (nSPS) is 18.4. The van der Waals surface area contributed by atoms with E-state index in [4.69, 9.17) is 6.42 Å². The summed E-state index contributed by atoms with van der Waals surface area (Å²) in [5.41, 5.74) is 0. The fourth-order valence-electron chi connectivity index (χ4n) is 2.06. The number of terminal acetylenes is 1. The van der Waals surface area contributed by atoms with Gasteiger partial charge in [0, 0.05) is 12.6 Å². The first-order valence-corrected chi connectivity index (χ1v) is 6.39. The van der Waals surface area contributed by atoms with Crippen LogP contribution in [0.1, 0.15) is 26.2 Å². The molecule has 2 N–H and O–H groups in total. The third kappa shape index (κ3) is 5.71. The Hall–Kier alpha value is -1.05. The quantitative estimate of drug-likeness (QED) is 0.512. The molecule has 1 atom stereocenters. The molecule has 1 rings (SSSR count). The molecule has 1 aliphatic rings. The van der Waals surface area contributed by atoms with Gasteiger partial charge in [-0.2, -0.15) is 0 Å². The summed E-state index contributed by atoms with van der Waals surface area (Å²) in [7, 11) is 0. The highest BCUT2D eigenvalue weighted by Crippen LogP contribution is 2.11. The molecule has 0 bridgehead atoms. The molecule has 96 valence electrons. The van der Waals surface area contributed by atoms with E-state index in [-0.39, 0.29) is 5.91 Å². The van der Waals surface area contributed by atoms with Gasteiger partial charge in [0.25, 0.3) is 0 Å². The SMILES string of the molecule is C#CCNCC(=O)NCC(C)N1CCCCC1. The molecule has 0 saturated carbocycles. The van der Waals surface area contributed by atoms with E-state index in [9.17, 15) is 4.79 Å². The van der Waals surface area contributed by atoms with E-state index in [1.165, 1.54) is 19.3 Å². The molecular formula is C13H23N3O. The number of amides is 1. The summed E-state index contributed by atoms with van der Waals surface area (Å²) in [4.78, 5) is 13.9. The molecule has 4 heteroatoms. The van der Waals surface area contributed by atoms with Crippen LogP contribution in [0.25, 0.3) is 0 Å². The molecule has 1 aliphatic heterocycles. The van der Waals surface area contributed by atoms with Crippen LogP contribution in [0.4, 0.5) is 0 Å². The third-order valence-electron chi connectivity index (χ3n) is 3.12. The lowest BCUT2D eigenvalue weighted by Gasteiger charge is -2.32. The highest BCUT2D eigenvalue weighted by atomic mass is 16.1. The molecular weight excluding hydrogens is 214 g/mol.